The Morgan fingerprint density at radius 3 is 2.38 bits per heavy atom. The minimum Gasteiger partial charge on any atom is -0.325 e. The van der Waals surface area contributed by atoms with Crippen LogP contribution >= 0.6 is 0 Å². The Hall–Kier alpha value is -3.81. The van der Waals surface area contributed by atoms with Gasteiger partial charge in [0, 0.05) is 5.69 Å². The number of amides is 1. The first-order chi connectivity index (χ1) is 13.9. The van der Waals surface area contributed by atoms with Crippen LogP contribution in [0.1, 0.15) is 16.7 Å². The molecule has 0 aliphatic carbocycles. The second-order valence-electron chi connectivity index (χ2n) is 7.11. The van der Waals surface area contributed by atoms with Gasteiger partial charge in [0.15, 0.2) is 11.2 Å². The van der Waals surface area contributed by atoms with E-state index in [0.717, 1.165) is 22.4 Å². The molecule has 0 unspecified atom stereocenters. The molecule has 0 aliphatic heterocycles. The van der Waals surface area contributed by atoms with Crippen molar-refractivity contribution in [1.29, 1.82) is 0 Å². The van der Waals surface area contributed by atoms with E-state index in [2.05, 4.69) is 20.6 Å². The number of carbonyl (C=O) groups is 1. The molecule has 4 aromatic rings. The Kier molecular flexibility index (Phi) is 4.67. The van der Waals surface area contributed by atoms with Crippen molar-refractivity contribution in [2.45, 2.75) is 27.3 Å². The van der Waals surface area contributed by atoms with Crippen molar-refractivity contribution in [3.8, 4) is 5.69 Å². The molecule has 146 valence electrons. The molecule has 0 radical (unpaired) electrons. The highest BCUT2D eigenvalue weighted by Gasteiger charge is 2.15. The molecule has 0 saturated heterocycles. The lowest BCUT2D eigenvalue weighted by atomic mass is 10.1. The standard InChI is InChI=1S/C21H20N6O2/c1-13-4-6-17(7-5-13)27-20-19(24-25-27)21(29)26(12-22-20)11-18(28)23-16-9-14(2)8-15(3)10-16/h4-10,12H,11H2,1-3H3,(H,23,28). The van der Waals surface area contributed by atoms with Gasteiger partial charge in [-0.2, -0.15) is 4.68 Å². The number of carbonyl (C=O) groups excluding carboxylic acids is 1. The minimum atomic E-state index is -0.413. The summed E-state index contributed by atoms with van der Waals surface area (Å²) < 4.78 is 2.74. The molecule has 0 saturated carbocycles. The highest BCUT2D eigenvalue weighted by molar-refractivity contribution is 5.90. The van der Waals surface area contributed by atoms with Crippen molar-refractivity contribution in [3.05, 3.63) is 75.8 Å². The van der Waals surface area contributed by atoms with E-state index in [4.69, 9.17) is 0 Å². The molecule has 8 nitrogen and oxygen atoms in total. The third-order valence-corrected chi connectivity index (χ3v) is 4.53. The Balaban J connectivity index is 1.60. The zero-order valence-electron chi connectivity index (χ0n) is 16.4. The molecule has 0 fully saturated rings. The fourth-order valence-corrected chi connectivity index (χ4v) is 3.22. The van der Waals surface area contributed by atoms with Crippen LogP contribution in [0.3, 0.4) is 0 Å². The Morgan fingerprint density at radius 2 is 1.69 bits per heavy atom. The van der Waals surface area contributed by atoms with Crippen LogP contribution in [-0.4, -0.2) is 30.5 Å². The van der Waals surface area contributed by atoms with E-state index in [1.807, 2.05) is 63.2 Å². The second kappa shape index (κ2) is 7.31. The van der Waals surface area contributed by atoms with Gasteiger partial charge in [0.05, 0.1) is 5.69 Å². The van der Waals surface area contributed by atoms with Gasteiger partial charge in [-0.05, 0) is 56.2 Å². The predicted molar refractivity (Wildman–Crippen MR) is 110 cm³/mol. The lowest BCUT2D eigenvalue weighted by Crippen LogP contribution is -2.28. The molecule has 2 aromatic carbocycles. The van der Waals surface area contributed by atoms with Gasteiger partial charge in [-0.25, -0.2) is 4.98 Å². The number of benzene rings is 2. The largest absolute Gasteiger partial charge is 0.325 e. The lowest BCUT2D eigenvalue weighted by molar-refractivity contribution is -0.116. The van der Waals surface area contributed by atoms with Gasteiger partial charge in [-0.15, -0.1) is 5.10 Å². The van der Waals surface area contributed by atoms with Crippen LogP contribution < -0.4 is 10.9 Å². The summed E-state index contributed by atoms with van der Waals surface area (Å²) in [4.78, 5) is 29.5. The van der Waals surface area contributed by atoms with Crippen LogP contribution in [0.5, 0.6) is 0 Å². The lowest BCUT2D eigenvalue weighted by Gasteiger charge is -2.09. The van der Waals surface area contributed by atoms with Gasteiger partial charge in [0.25, 0.3) is 5.56 Å². The van der Waals surface area contributed by atoms with Crippen LogP contribution in [0.25, 0.3) is 16.9 Å². The van der Waals surface area contributed by atoms with Gasteiger partial charge in [0.1, 0.15) is 12.9 Å². The van der Waals surface area contributed by atoms with E-state index in [1.165, 1.54) is 15.6 Å². The third-order valence-electron chi connectivity index (χ3n) is 4.53. The molecule has 2 aromatic heterocycles. The average molecular weight is 388 g/mol. The number of fused-ring (bicyclic) bond motifs is 1. The SMILES string of the molecule is Cc1ccc(-n2nnc3c(=O)n(CC(=O)Nc4cc(C)cc(C)c4)cnc32)cc1. The fraction of sp³-hybridized carbons (Fsp3) is 0.190. The number of nitrogens with zero attached hydrogens (tertiary/aromatic N) is 5. The van der Waals surface area contributed by atoms with E-state index in [1.54, 1.807) is 0 Å². The smallest absolute Gasteiger partial charge is 0.284 e. The zero-order valence-corrected chi connectivity index (χ0v) is 16.4. The van der Waals surface area contributed by atoms with Crippen LogP contribution in [0, 0.1) is 20.8 Å². The molecule has 4 rings (SSSR count). The predicted octanol–water partition coefficient (Wildman–Crippen LogP) is 2.54. The van der Waals surface area contributed by atoms with Crippen molar-refractivity contribution in [2.24, 2.45) is 0 Å². The summed E-state index contributed by atoms with van der Waals surface area (Å²) in [6.07, 6.45) is 1.35. The van der Waals surface area contributed by atoms with Crippen molar-refractivity contribution >= 4 is 22.8 Å². The fourth-order valence-electron chi connectivity index (χ4n) is 3.22. The van der Waals surface area contributed by atoms with Crippen LogP contribution in [0.15, 0.2) is 53.6 Å². The van der Waals surface area contributed by atoms with E-state index in [0.29, 0.717) is 11.3 Å². The topological polar surface area (TPSA) is 94.7 Å². The summed E-state index contributed by atoms with van der Waals surface area (Å²) in [7, 11) is 0. The molecule has 2 heterocycles. The summed E-state index contributed by atoms with van der Waals surface area (Å²) in [6.45, 7) is 5.75. The number of nitrogens with one attached hydrogen (secondary N) is 1. The number of hydrogen-bond donors (Lipinski definition) is 1. The summed E-state index contributed by atoms with van der Waals surface area (Å²) >= 11 is 0. The minimum absolute atomic E-state index is 0.118. The molecule has 8 heteroatoms. The molecule has 1 N–H and O–H groups in total. The number of rotatable bonds is 4. The molecule has 0 atom stereocenters. The Bertz CT molecular complexity index is 1250. The van der Waals surface area contributed by atoms with Gasteiger partial charge in [-0.3, -0.25) is 14.2 Å². The summed E-state index contributed by atoms with van der Waals surface area (Å²) in [6, 6.07) is 13.4. The summed E-state index contributed by atoms with van der Waals surface area (Å²) in [5, 5.41) is 10.8. The monoisotopic (exact) mass is 388 g/mol. The van der Waals surface area contributed by atoms with Crippen LogP contribution in [-0.2, 0) is 11.3 Å². The average Bonchev–Trinajstić information content (AvgIpc) is 3.08. The molecule has 1 amide bonds. The number of anilines is 1. The highest BCUT2D eigenvalue weighted by atomic mass is 16.2. The normalized spacial score (nSPS) is 11.0. The molecule has 29 heavy (non-hydrogen) atoms. The van der Waals surface area contributed by atoms with Crippen molar-refractivity contribution in [1.82, 2.24) is 24.5 Å². The number of aryl methyl sites for hydroxylation is 3. The number of aromatic nitrogens is 5. The van der Waals surface area contributed by atoms with Gasteiger partial charge in [0.2, 0.25) is 5.91 Å². The molecule has 0 aliphatic rings. The van der Waals surface area contributed by atoms with Crippen molar-refractivity contribution in [2.75, 3.05) is 5.32 Å². The second-order valence-corrected chi connectivity index (χ2v) is 7.11. The maximum atomic E-state index is 12.8. The van der Waals surface area contributed by atoms with E-state index < -0.39 is 5.56 Å². The quantitative estimate of drug-likeness (QED) is 0.580. The molecular formula is C21H20N6O2. The van der Waals surface area contributed by atoms with Crippen LogP contribution in [0.4, 0.5) is 5.69 Å². The Labute approximate surface area is 166 Å². The van der Waals surface area contributed by atoms with E-state index >= 15 is 0 Å². The highest BCUT2D eigenvalue weighted by Crippen LogP contribution is 2.14. The van der Waals surface area contributed by atoms with E-state index in [9.17, 15) is 9.59 Å². The summed E-state index contributed by atoms with van der Waals surface area (Å²) in [5.41, 5.74) is 4.72. The first kappa shape index (κ1) is 18.5. The van der Waals surface area contributed by atoms with Gasteiger partial charge in [-0.1, -0.05) is 29.0 Å². The van der Waals surface area contributed by atoms with Crippen molar-refractivity contribution in [3.63, 3.8) is 0 Å². The summed E-state index contributed by atoms with van der Waals surface area (Å²) in [5.74, 6) is -0.316. The maximum absolute atomic E-state index is 12.8. The van der Waals surface area contributed by atoms with Crippen LogP contribution in [0.2, 0.25) is 0 Å². The Morgan fingerprint density at radius 1 is 1.00 bits per heavy atom. The molecule has 0 spiro atoms. The first-order valence-electron chi connectivity index (χ1n) is 9.17. The van der Waals surface area contributed by atoms with Crippen molar-refractivity contribution < 1.29 is 4.79 Å². The van der Waals surface area contributed by atoms with E-state index in [-0.39, 0.29) is 18.0 Å². The van der Waals surface area contributed by atoms with Gasteiger partial charge >= 0.3 is 0 Å². The third kappa shape index (κ3) is 3.77. The molecular weight excluding hydrogens is 368 g/mol. The van der Waals surface area contributed by atoms with Gasteiger partial charge < -0.3 is 5.32 Å². The zero-order chi connectivity index (χ0) is 20.5. The number of hydrogen-bond acceptors (Lipinski definition) is 5. The molecule has 0 bridgehead atoms. The maximum Gasteiger partial charge on any atom is 0.284 e. The first-order valence-corrected chi connectivity index (χ1v) is 9.17.